The van der Waals surface area contributed by atoms with E-state index in [1.54, 1.807) is 31.5 Å². The SMILES string of the molecule is C1CS1.CCOC(=O)NC1CCCN(c2nc(OCC34CCCN3CCC4)nc3c(F)c(-c4cc(Cl)cc5[nH]ncc45)ncc23)C1. The van der Waals surface area contributed by atoms with Gasteiger partial charge in [-0.1, -0.05) is 11.6 Å². The number of benzene rings is 1. The lowest BCUT2D eigenvalue weighted by molar-refractivity contribution is 0.108. The number of ether oxygens (including phenoxy) is 2. The smallest absolute Gasteiger partial charge is 0.407 e. The maximum absolute atomic E-state index is 16.6. The number of rotatable bonds is 7. The summed E-state index contributed by atoms with van der Waals surface area (Å²) in [6, 6.07) is 3.40. The van der Waals surface area contributed by atoms with Gasteiger partial charge >= 0.3 is 12.1 Å². The molecule has 0 saturated carbocycles. The van der Waals surface area contributed by atoms with Gasteiger partial charge in [0.2, 0.25) is 0 Å². The van der Waals surface area contributed by atoms with Crippen molar-refractivity contribution in [2.24, 2.45) is 0 Å². The van der Waals surface area contributed by atoms with Crippen LogP contribution in [-0.4, -0.2) is 98.6 Å². The second kappa shape index (κ2) is 13.4. The highest BCUT2D eigenvalue weighted by atomic mass is 35.5. The number of piperidine rings is 1. The van der Waals surface area contributed by atoms with Crippen LogP contribution in [-0.2, 0) is 4.74 Å². The zero-order valence-electron chi connectivity index (χ0n) is 25.9. The van der Waals surface area contributed by atoms with Gasteiger partial charge in [-0.05, 0) is 70.7 Å². The minimum atomic E-state index is -0.588. The molecule has 0 bridgehead atoms. The van der Waals surface area contributed by atoms with Gasteiger partial charge in [-0.2, -0.15) is 26.8 Å². The van der Waals surface area contributed by atoms with Gasteiger partial charge in [0.15, 0.2) is 5.82 Å². The number of amides is 1. The Labute approximate surface area is 276 Å². The average Bonchev–Trinajstić information content (AvgIpc) is 3.62. The molecular weight excluding hydrogens is 631 g/mol. The summed E-state index contributed by atoms with van der Waals surface area (Å²) in [5, 5.41) is 11.5. The number of thioether (sulfide) groups is 1. The molecule has 7 heterocycles. The molecule has 4 fully saturated rings. The summed E-state index contributed by atoms with van der Waals surface area (Å²) in [5.74, 6) is 2.77. The standard InChI is InChI=1S/C30H34ClFN8O3.C2H4S/c1-2-42-29(41)35-19-6-3-9-39(16-19)27-22-14-33-25(20-12-18(31)13-23-21(20)15-34-38-23)24(32)26(22)36-28(37-27)43-17-30-7-4-10-40(30)11-5-8-30;1-2-3-1/h12-15,19H,2-11,16-17H2,1H3,(H,34,38)(H,35,41);1-2H2. The molecule has 0 spiro atoms. The molecule has 4 aromatic rings. The predicted molar refractivity (Wildman–Crippen MR) is 178 cm³/mol. The normalized spacial score (nSPS) is 20.3. The van der Waals surface area contributed by atoms with Crippen molar-refractivity contribution in [1.82, 2.24) is 35.4 Å². The summed E-state index contributed by atoms with van der Waals surface area (Å²) in [4.78, 5) is 30.7. The van der Waals surface area contributed by atoms with E-state index in [0.717, 1.165) is 51.6 Å². The Bertz CT molecular complexity index is 1730. The quantitative estimate of drug-likeness (QED) is 0.233. The summed E-state index contributed by atoms with van der Waals surface area (Å²) in [6.07, 6.45) is 8.81. The summed E-state index contributed by atoms with van der Waals surface area (Å²) in [7, 11) is 0. The first kappa shape index (κ1) is 31.2. The van der Waals surface area contributed by atoms with Crippen LogP contribution < -0.4 is 15.0 Å². The maximum Gasteiger partial charge on any atom is 0.407 e. The number of carbonyl (C=O) groups is 1. The first-order chi connectivity index (χ1) is 22.4. The molecule has 4 saturated heterocycles. The molecule has 4 aliphatic rings. The number of H-pyrrole nitrogens is 1. The Morgan fingerprint density at radius 2 is 1.96 bits per heavy atom. The summed E-state index contributed by atoms with van der Waals surface area (Å²) in [6.45, 7) is 5.82. The molecule has 244 valence electrons. The average molecular weight is 669 g/mol. The second-order valence-corrected chi connectivity index (χ2v) is 13.9. The third kappa shape index (κ3) is 6.41. The number of fused-ring (bicyclic) bond motifs is 3. The van der Waals surface area contributed by atoms with Crippen LogP contribution in [0.1, 0.15) is 45.4 Å². The number of aromatic nitrogens is 5. The van der Waals surface area contributed by atoms with E-state index in [2.05, 4.69) is 30.4 Å². The van der Waals surface area contributed by atoms with Crippen molar-refractivity contribution in [1.29, 1.82) is 0 Å². The fourth-order valence-corrected chi connectivity index (χ4v) is 7.23. The molecule has 2 N–H and O–H groups in total. The lowest BCUT2D eigenvalue weighted by Gasteiger charge is -2.34. The topological polar surface area (TPSA) is 121 Å². The monoisotopic (exact) mass is 668 g/mol. The minimum absolute atomic E-state index is 0.0200. The molecule has 4 aliphatic heterocycles. The number of anilines is 1. The minimum Gasteiger partial charge on any atom is -0.461 e. The molecule has 46 heavy (non-hydrogen) atoms. The molecule has 0 radical (unpaired) electrons. The highest BCUT2D eigenvalue weighted by Crippen LogP contribution is 2.40. The van der Waals surface area contributed by atoms with E-state index in [-0.39, 0.29) is 28.8 Å². The van der Waals surface area contributed by atoms with Crippen molar-refractivity contribution in [2.45, 2.75) is 57.0 Å². The fraction of sp³-hybridized carbons (Fsp3) is 0.531. The third-order valence-electron chi connectivity index (χ3n) is 9.23. The zero-order valence-corrected chi connectivity index (χ0v) is 27.4. The van der Waals surface area contributed by atoms with Crippen LogP contribution in [0.2, 0.25) is 5.02 Å². The van der Waals surface area contributed by atoms with Crippen LogP contribution in [0.15, 0.2) is 24.5 Å². The number of hydrogen-bond acceptors (Lipinski definition) is 10. The Hall–Kier alpha value is -3.42. The molecule has 14 heteroatoms. The van der Waals surface area contributed by atoms with Gasteiger partial charge in [0.1, 0.15) is 23.6 Å². The van der Waals surface area contributed by atoms with Crippen molar-refractivity contribution < 1.29 is 18.7 Å². The third-order valence-corrected chi connectivity index (χ3v) is 9.85. The van der Waals surface area contributed by atoms with Crippen LogP contribution in [0.5, 0.6) is 6.01 Å². The van der Waals surface area contributed by atoms with Crippen LogP contribution >= 0.6 is 23.4 Å². The van der Waals surface area contributed by atoms with Crippen molar-refractivity contribution in [3.8, 4) is 17.3 Å². The first-order valence-electron chi connectivity index (χ1n) is 16.1. The second-order valence-electron chi connectivity index (χ2n) is 12.3. The van der Waals surface area contributed by atoms with Crippen LogP contribution in [0.4, 0.5) is 15.0 Å². The van der Waals surface area contributed by atoms with Crippen molar-refractivity contribution >= 4 is 57.1 Å². The lowest BCUT2D eigenvalue weighted by atomic mass is 9.95. The van der Waals surface area contributed by atoms with Gasteiger partial charge < -0.3 is 19.7 Å². The number of hydrogen-bond donors (Lipinski definition) is 2. The predicted octanol–water partition coefficient (Wildman–Crippen LogP) is 5.82. The lowest BCUT2D eigenvalue weighted by Crippen LogP contribution is -2.48. The van der Waals surface area contributed by atoms with E-state index in [1.807, 2.05) is 16.7 Å². The molecule has 1 atom stereocenters. The van der Waals surface area contributed by atoms with Gasteiger partial charge in [0.25, 0.3) is 0 Å². The fourth-order valence-electron chi connectivity index (χ4n) is 7.01. The van der Waals surface area contributed by atoms with Crippen LogP contribution in [0.25, 0.3) is 33.1 Å². The first-order valence-corrected chi connectivity index (χ1v) is 17.6. The molecule has 11 nitrogen and oxygen atoms in total. The number of nitrogens with zero attached hydrogens (tertiary/aromatic N) is 6. The van der Waals surface area contributed by atoms with Crippen molar-refractivity contribution in [2.75, 3.05) is 55.8 Å². The number of alkyl carbamates (subject to hydrolysis) is 1. The number of carbonyl (C=O) groups excluding carboxylic acids is 1. The van der Waals surface area contributed by atoms with Crippen LogP contribution in [0, 0.1) is 5.82 Å². The zero-order chi connectivity index (χ0) is 31.7. The molecule has 3 aromatic heterocycles. The van der Waals surface area contributed by atoms with E-state index in [9.17, 15) is 4.79 Å². The van der Waals surface area contributed by atoms with E-state index in [0.29, 0.717) is 59.0 Å². The van der Waals surface area contributed by atoms with Gasteiger partial charge in [-0.3, -0.25) is 15.0 Å². The summed E-state index contributed by atoms with van der Waals surface area (Å²) >= 11 is 8.38. The number of halogens is 2. The van der Waals surface area contributed by atoms with Gasteiger partial charge in [-0.25, -0.2) is 9.18 Å². The molecular formula is C32H38ClFN8O3S. The number of pyridine rings is 1. The number of aromatic amines is 1. The maximum atomic E-state index is 16.6. The van der Waals surface area contributed by atoms with E-state index >= 15 is 4.39 Å². The van der Waals surface area contributed by atoms with Gasteiger partial charge in [0.05, 0.1) is 29.2 Å². The van der Waals surface area contributed by atoms with Crippen LogP contribution in [0.3, 0.4) is 0 Å². The summed E-state index contributed by atoms with van der Waals surface area (Å²) in [5.41, 5.74) is 1.42. The van der Waals surface area contributed by atoms with Crippen molar-refractivity contribution in [3.63, 3.8) is 0 Å². The van der Waals surface area contributed by atoms with E-state index in [4.69, 9.17) is 26.1 Å². The Balaban J connectivity index is 0.00000107. The highest BCUT2D eigenvalue weighted by Gasteiger charge is 2.45. The Morgan fingerprint density at radius 1 is 1.15 bits per heavy atom. The highest BCUT2D eigenvalue weighted by molar-refractivity contribution is 8.06. The number of nitrogens with one attached hydrogen (secondary N) is 2. The molecule has 8 rings (SSSR count). The molecule has 1 amide bonds. The molecule has 1 aromatic carbocycles. The summed E-state index contributed by atoms with van der Waals surface area (Å²) < 4.78 is 28.0. The van der Waals surface area contributed by atoms with Gasteiger partial charge in [0, 0.05) is 52.8 Å². The van der Waals surface area contributed by atoms with E-state index in [1.165, 1.54) is 11.5 Å². The Morgan fingerprint density at radius 3 is 2.72 bits per heavy atom. The van der Waals surface area contributed by atoms with Gasteiger partial charge in [-0.15, -0.1) is 0 Å². The molecule has 1 unspecified atom stereocenters. The molecule has 0 aliphatic carbocycles. The van der Waals surface area contributed by atoms with Crippen molar-refractivity contribution in [3.05, 3.63) is 35.4 Å². The van der Waals surface area contributed by atoms with E-state index < -0.39 is 11.9 Å². The Kier molecular flexibility index (Phi) is 9.06. The largest absolute Gasteiger partial charge is 0.461 e.